The molecular weight excluding hydrogens is 222 g/mol. The monoisotopic (exact) mass is 243 g/mol. The number of hydrogen-bond donors (Lipinski definition) is 3. The number of carbonyl (C=O) groups excluding carboxylic acids is 1. The predicted octanol–water partition coefficient (Wildman–Crippen LogP) is 0.102. The number of nitrogens with zero attached hydrogens (tertiary/aromatic N) is 1. The van der Waals surface area contributed by atoms with E-state index >= 15 is 0 Å². The molecular formula is C11H21N3O3. The Bertz CT molecular complexity index is 267. The van der Waals surface area contributed by atoms with Crippen molar-refractivity contribution in [3.8, 4) is 0 Å². The number of carbonyl (C=O) groups is 2. The number of carboxylic acids is 1. The lowest BCUT2D eigenvalue weighted by Crippen LogP contribution is -2.44. The molecule has 2 amide bonds. The molecule has 0 bridgehead atoms. The van der Waals surface area contributed by atoms with Crippen molar-refractivity contribution in [2.45, 2.75) is 19.3 Å². The molecule has 0 radical (unpaired) electrons. The van der Waals surface area contributed by atoms with Crippen LogP contribution in [0.5, 0.6) is 0 Å². The first-order chi connectivity index (χ1) is 8.13. The number of aliphatic carboxylic acids is 1. The Morgan fingerprint density at radius 2 is 2.06 bits per heavy atom. The van der Waals surface area contributed by atoms with Crippen LogP contribution in [-0.2, 0) is 4.79 Å². The maximum absolute atomic E-state index is 11.7. The van der Waals surface area contributed by atoms with Crippen molar-refractivity contribution in [2.75, 3.05) is 33.2 Å². The van der Waals surface area contributed by atoms with Crippen LogP contribution in [0.2, 0.25) is 0 Å². The summed E-state index contributed by atoms with van der Waals surface area (Å²) in [4.78, 5) is 23.8. The highest BCUT2D eigenvalue weighted by Gasteiger charge is 2.27. The smallest absolute Gasteiger partial charge is 0.323 e. The maximum atomic E-state index is 11.7. The molecule has 0 aliphatic heterocycles. The highest BCUT2D eigenvalue weighted by Crippen LogP contribution is 2.29. The van der Waals surface area contributed by atoms with Crippen molar-refractivity contribution in [3.05, 3.63) is 0 Å². The third-order valence-electron chi connectivity index (χ3n) is 2.67. The molecule has 0 aromatic heterocycles. The van der Waals surface area contributed by atoms with Crippen LogP contribution in [0.3, 0.4) is 0 Å². The molecule has 0 unspecified atom stereocenters. The summed E-state index contributed by atoms with van der Waals surface area (Å²) in [5.41, 5.74) is 0. The largest absolute Gasteiger partial charge is 0.480 e. The summed E-state index contributed by atoms with van der Waals surface area (Å²) in [5, 5.41) is 14.5. The Hall–Kier alpha value is -1.30. The van der Waals surface area contributed by atoms with Gasteiger partial charge in [-0.1, -0.05) is 0 Å². The van der Waals surface area contributed by atoms with Crippen LogP contribution in [0.1, 0.15) is 19.3 Å². The maximum Gasteiger partial charge on any atom is 0.323 e. The lowest BCUT2D eigenvalue weighted by molar-refractivity contribution is -0.137. The molecule has 6 heteroatoms. The van der Waals surface area contributed by atoms with Gasteiger partial charge in [0.25, 0.3) is 0 Å². The van der Waals surface area contributed by atoms with Crippen LogP contribution in [-0.4, -0.2) is 55.2 Å². The highest BCUT2D eigenvalue weighted by atomic mass is 16.4. The van der Waals surface area contributed by atoms with Crippen LogP contribution in [0.25, 0.3) is 0 Å². The standard InChI is InChI=1S/C11H21N3O3/c1-12-5-2-6-13-11(17)14(8-10(15)16)7-9-3-4-9/h9,12H,2-8H2,1H3,(H,13,17)(H,15,16). The quantitative estimate of drug-likeness (QED) is 0.528. The average Bonchev–Trinajstić information content (AvgIpc) is 3.06. The van der Waals surface area contributed by atoms with Crippen LogP contribution in [0, 0.1) is 5.92 Å². The van der Waals surface area contributed by atoms with Gasteiger partial charge in [0.05, 0.1) is 0 Å². The van der Waals surface area contributed by atoms with Gasteiger partial charge >= 0.3 is 12.0 Å². The minimum Gasteiger partial charge on any atom is -0.480 e. The van der Waals surface area contributed by atoms with E-state index in [0.717, 1.165) is 25.8 Å². The van der Waals surface area contributed by atoms with Gasteiger partial charge in [-0.25, -0.2) is 4.79 Å². The van der Waals surface area contributed by atoms with Crippen molar-refractivity contribution in [2.24, 2.45) is 5.92 Å². The molecule has 1 fully saturated rings. The van der Waals surface area contributed by atoms with E-state index in [1.54, 1.807) is 0 Å². The van der Waals surface area contributed by atoms with E-state index in [0.29, 0.717) is 19.0 Å². The molecule has 0 heterocycles. The summed E-state index contributed by atoms with van der Waals surface area (Å²) in [6.07, 6.45) is 3.04. The lowest BCUT2D eigenvalue weighted by Gasteiger charge is -2.21. The van der Waals surface area contributed by atoms with E-state index < -0.39 is 5.97 Å². The van der Waals surface area contributed by atoms with Crippen molar-refractivity contribution in [1.29, 1.82) is 0 Å². The lowest BCUT2D eigenvalue weighted by atomic mass is 10.3. The Labute approximate surface area is 101 Å². The summed E-state index contributed by atoms with van der Waals surface area (Å²) in [7, 11) is 1.85. The molecule has 1 aliphatic rings. The number of amides is 2. The van der Waals surface area contributed by atoms with Crippen molar-refractivity contribution in [3.63, 3.8) is 0 Å². The third-order valence-corrected chi connectivity index (χ3v) is 2.67. The molecule has 0 saturated heterocycles. The third kappa shape index (κ3) is 6.11. The van der Waals surface area contributed by atoms with Gasteiger partial charge in [-0.2, -0.15) is 0 Å². The molecule has 0 atom stereocenters. The Morgan fingerprint density at radius 1 is 1.35 bits per heavy atom. The first kappa shape index (κ1) is 13.8. The highest BCUT2D eigenvalue weighted by molar-refractivity contribution is 5.80. The summed E-state index contributed by atoms with van der Waals surface area (Å²) in [5.74, 6) is -0.464. The Balaban J connectivity index is 2.27. The Kier molecular flexibility index (Phi) is 5.76. The van der Waals surface area contributed by atoms with Crippen molar-refractivity contribution >= 4 is 12.0 Å². The second-order valence-corrected chi connectivity index (χ2v) is 4.41. The number of carboxylic acid groups (broad SMARTS) is 1. The van der Waals surface area contributed by atoms with E-state index in [-0.39, 0.29) is 12.6 Å². The van der Waals surface area contributed by atoms with E-state index in [4.69, 9.17) is 5.11 Å². The fourth-order valence-electron chi connectivity index (χ4n) is 1.57. The van der Waals surface area contributed by atoms with Crippen LogP contribution in [0.4, 0.5) is 4.79 Å². The molecule has 0 aromatic carbocycles. The summed E-state index contributed by atoms with van der Waals surface area (Å²) < 4.78 is 0. The minimum atomic E-state index is -0.962. The Morgan fingerprint density at radius 3 is 2.59 bits per heavy atom. The summed E-state index contributed by atoms with van der Waals surface area (Å²) >= 11 is 0. The molecule has 1 saturated carbocycles. The molecule has 6 nitrogen and oxygen atoms in total. The fourth-order valence-corrected chi connectivity index (χ4v) is 1.57. The van der Waals surface area contributed by atoms with E-state index in [2.05, 4.69) is 10.6 Å². The molecule has 1 aliphatic carbocycles. The zero-order valence-electron chi connectivity index (χ0n) is 10.2. The SMILES string of the molecule is CNCCCNC(=O)N(CC(=O)O)CC1CC1. The molecule has 17 heavy (non-hydrogen) atoms. The van der Waals surface area contributed by atoms with Gasteiger partial charge in [0.15, 0.2) is 0 Å². The van der Waals surface area contributed by atoms with Crippen molar-refractivity contribution in [1.82, 2.24) is 15.5 Å². The van der Waals surface area contributed by atoms with Crippen LogP contribution >= 0.6 is 0 Å². The van der Waals surface area contributed by atoms with E-state index in [1.165, 1.54) is 4.90 Å². The van der Waals surface area contributed by atoms with Crippen molar-refractivity contribution < 1.29 is 14.7 Å². The number of nitrogens with one attached hydrogen (secondary N) is 2. The minimum absolute atomic E-state index is 0.214. The first-order valence-electron chi connectivity index (χ1n) is 6.02. The van der Waals surface area contributed by atoms with Gasteiger partial charge in [0.2, 0.25) is 0 Å². The predicted molar refractivity (Wildman–Crippen MR) is 63.9 cm³/mol. The molecule has 1 rings (SSSR count). The molecule has 0 spiro atoms. The zero-order valence-corrected chi connectivity index (χ0v) is 10.2. The van der Waals surface area contributed by atoms with Gasteiger partial charge < -0.3 is 20.6 Å². The second kappa shape index (κ2) is 7.11. The average molecular weight is 243 g/mol. The van der Waals surface area contributed by atoms with Crippen LogP contribution in [0.15, 0.2) is 0 Å². The second-order valence-electron chi connectivity index (χ2n) is 4.41. The molecule has 0 aromatic rings. The number of hydrogen-bond acceptors (Lipinski definition) is 3. The van der Waals surface area contributed by atoms with E-state index in [9.17, 15) is 9.59 Å². The van der Waals surface area contributed by atoms with Gasteiger partial charge in [0, 0.05) is 13.1 Å². The topological polar surface area (TPSA) is 81.7 Å². The number of rotatable bonds is 8. The van der Waals surface area contributed by atoms with Crippen LogP contribution < -0.4 is 10.6 Å². The van der Waals surface area contributed by atoms with Gasteiger partial charge in [-0.3, -0.25) is 4.79 Å². The fraction of sp³-hybridized carbons (Fsp3) is 0.818. The summed E-state index contributed by atoms with van der Waals surface area (Å²) in [6, 6.07) is -0.268. The molecule has 3 N–H and O–H groups in total. The summed E-state index contributed by atoms with van der Waals surface area (Å²) in [6.45, 7) is 1.75. The first-order valence-corrected chi connectivity index (χ1v) is 6.02. The zero-order chi connectivity index (χ0) is 12.7. The van der Waals surface area contributed by atoms with Gasteiger partial charge in [-0.15, -0.1) is 0 Å². The van der Waals surface area contributed by atoms with E-state index in [1.807, 2.05) is 7.05 Å². The normalized spacial score (nSPS) is 14.4. The van der Waals surface area contributed by atoms with Gasteiger partial charge in [-0.05, 0) is 38.8 Å². The molecule has 98 valence electrons. The van der Waals surface area contributed by atoms with Gasteiger partial charge in [0.1, 0.15) is 6.54 Å². The number of urea groups is 1.